The van der Waals surface area contributed by atoms with Gasteiger partial charge in [-0.05, 0) is 43.5 Å². The number of aromatic nitrogens is 8. The lowest BCUT2D eigenvalue weighted by molar-refractivity contribution is -0.141. The van der Waals surface area contributed by atoms with Crippen LogP contribution in [0, 0.1) is 6.92 Å². The van der Waals surface area contributed by atoms with E-state index < -0.39 is 11.9 Å². The maximum absolute atomic E-state index is 13.0. The quantitative estimate of drug-likeness (QED) is 0.329. The Kier molecular flexibility index (Phi) is 5.39. The predicted octanol–water partition coefficient (Wildman–Crippen LogP) is 4.73. The normalized spacial score (nSPS) is 13.9. The van der Waals surface area contributed by atoms with Crippen LogP contribution in [0.15, 0.2) is 49.2 Å². The summed E-state index contributed by atoms with van der Waals surface area (Å²) in [5, 5.41) is 9.03. The molecule has 1 aliphatic carbocycles. The molecule has 37 heavy (non-hydrogen) atoms. The third-order valence-electron chi connectivity index (χ3n) is 6.32. The van der Waals surface area contributed by atoms with E-state index in [2.05, 4.69) is 30.1 Å². The first kappa shape index (κ1) is 23.1. The van der Waals surface area contributed by atoms with E-state index in [4.69, 9.17) is 4.74 Å². The summed E-state index contributed by atoms with van der Waals surface area (Å²) in [5.41, 5.74) is 3.52. The maximum Gasteiger partial charge on any atom is 0.435 e. The topological polar surface area (TPSA) is 96.4 Å². The van der Waals surface area contributed by atoms with Gasteiger partial charge in [0.2, 0.25) is 5.88 Å². The van der Waals surface area contributed by atoms with Gasteiger partial charge in [-0.1, -0.05) is 6.07 Å². The van der Waals surface area contributed by atoms with Crippen molar-refractivity contribution in [3.05, 3.63) is 71.8 Å². The molecule has 0 radical (unpaired) electrons. The van der Waals surface area contributed by atoms with Crippen LogP contribution in [0.2, 0.25) is 0 Å². The molecule has 0 aromatic carbocycles. The third kappa shape index (κ3) is 4.28. The van der Waals surface area contributed by atoms with Crippen LogP contribution >= 0.6 is 0 Å². The molecule has 5 aromatic rings. The van der Waals surface area contributed by atoms with E-state index in [0.29, 0.717) is 35.5 Å². The molecule has 0 atom stereocenters. The van der Waals surface area contributed by atoms with Crippen LogP contribution in [0.5, 0.6) is 5.88 Å². The number of pyridine rings is 2. The van der Waals surface area contributed by atoms with Gasteiger partial charge in [-0.15, -0.1) is 0 Å². The molecule has 1 saturated carbocycles. The van der Waals surface area contributed by atoms with E-state index in [1.807, 2.05) is 10.7 Å². The van der Waals surface area contributed by atoms with Crippen LogP contribution in [0.1, 0.15) is 41.4 Å². The molecule has 9 nitrogen and oxygen atoms in total. The van der Waals surface area contributed by atoms with E-state index in [0.717, 1.165) is 46.6 Å². The molecule has 6 rings (SSSR count). The summed E-state index contributed by atoms with van der Waals surface area (Å²) in [6.07, 6.45) is 4.26. The van der Waals surface area contributed by atoms with E-state index in [9.17, 15) is 13.2 Å². The van der Waals surface area contributed by atoms with Crippen LogP contribution in [0.25, 0.3) is 28.0 Å². The lowest BCUT2D eigenvalue weighted by atomic mass is 10.1. The Morgan fingerprint density at radius 1 is 1.03 bits per heavy atom. The lowest BCUT2D eigenvalue weighted by Gasteiger charge is -2.12. The van der Waals surface area contributed by atoms with Gasteiger partial charge in [0, 0.05) is 29.4 Å². The number of halogens is 3. The fourth-order valence-corrected chi connectivity index (χ4v) is 4.33. The highest BCUT2D eigenvalue weighted by molar-refractivity contribution is 5.83. The lowest BCUT2D eigenvalue weighted by Crippen LogP contribution is -2.08. The molecule has 1 aliphatic rings. The van der Waals surface area contributed by atoms with E-state index in [1.54, 1.807) is 44.8 Å². The second-order valence-electron chi connectivity index (χ2n) is 8.95. The van der Waals surface area contributed by atoms with Crippen molar-refractivity contribution in [1.82, 2.24) is 39.5 Å². The van der Waals surface area contributed by atoms with Crippen LogP contribution < -0.4 is 4.74 Å². The minimum Gasteiger partial charge on any atom is -0.480 e. The van der Waals surface area contributed by atoms with Crippen LogP contribution in [-0.2, 0) is 12.7 Å². The molecule has 1 fully saturated rings. The van der Waals surface area contributed by atoms with Crippen molar-refractivity contribution < 1.29 is 17.9 Å². The minimum absolute atomic E-state index is 0.303. The van der Waals surface area contributed by atoms with Crippen LogP contribution in [0.3, 0.4) is 0 Å². The van der Waals surface area contributed by atoms with Gasteiger partial charge in [0.25, 0.3) is 0 Å². The first-order chi connectivity index (χ1) is 17.8. The van der Waals surface area contributed by atoms with Gasteiger partial charge in [0.15, 0.2) is 11.5 Å². The number of hydrogen-bond donors (Lipinski definition) is 0. The Labute approximate surface area is 209 Å². The van der Waals surface area contributed by atoms with Crippen molar-refractivity contribution in [1.29, 1.82) is 0 Å². The first-order valence-electron chi connectivity index (χ1n) is 11.6. The third-order valence-corrected chi connectivity index (χ3v) is 6.32. The molecule has 188 valence electrons. The molecule has 0 spiro atoms. The van der Waals surface area contributed by atoms with Gasteiger partial charge in [-0.2, -0.15) is 23.4 Å². The van der Waals surface area contributed by atoms with E-state index in [-0.39, 0.29) is 0 Å². The summed E-state index contributed by atoms with van der Waals surface area (Å²) in [6.45, 7) is 1.96. The Morgan fingerprint density at radius 2 is 1.86 bits per heavy atom. The van der Waals surface area contributed by atoms with Crippen molar-refractivity contribution in [2.75, 3.05) is 7.11 Å². The smallest absolute Gasteiger partial charge is 0.435 e. The summed E-state index contributed by atoms with van der Waals surface area (Å²) in [5.74, 6) is 1.17. The molecule has 0 saturated heterocycles. The summed E-state index contributed by atoms with van der Waals surface area (Å²) >= 11 is 0. The highest BCUT2D eigenvalue weighted by atomic mass is 19.4. The summed E-state index contributed by atoms with van der Waals surface area (Å²) in [6, 6.07) is 6.38. The number of nitrogens with zero attached hydrogens (tertiary/aromatic N) is 8. The highest BCUT2D eigenvalue weighted by Gasteiger charge is 2.34. The number of alkyl halides is 3. The maximum atomic E-state index is 13.0. The van der Waals surface area contributed by atoms with Crippen molar-refractivity contribution in [3.63, 3.8) is 0 Å². The Bertz CT molecular complexity index is 1600. The average Bonchev–Trinajstić information content (AvgIpc) is 3.55. The molecule has 12 heteroatoms. The minimum atomic E-state index is -4.51. The molecular weight excluding hydrogens is 485 g/mol. The van der Waals surface area contributed by atoms with Gasteiger partial charge in [0.1, 0.15) is 6.33 Å². The number of aryl methyl sites for hydroxylation is 1. The van der Waals surface area contributed by atoms with Crippen molar-refractivity contribution in [2.24, 2.45) is 0 Å². The second-order valence-corrected chi connectivity index (χ2v) is 8.95. The molecule has 0 unspecified atom stereocenters. The van der Waals surface area contributed by atoms with E-state index in [1.165, 1.54) is 11.0 Å². The molecule has 0 N–H and O–H groups in total. The summed E-state index contributed by atoms with van der Waals surface area (Å²) < 4.78 is 47.6. The summed E-state index contributed by atoms with van der Waals surface area (Å²) in [4.78, 5) is 17.8. The van der Waals surface area contributed by atoms with Crippen molar-refractivity contribution in [2.45, 2.75) is 38.4 Å². The number of methoxy groups -OCH3 is 1. The first-order valence-corrected chi connectivity index (χ1v) is 11.6. The Balaban J connectivity index is 1.31. The zero-order chi connectivity index (χ0) is 25.7. The van der Waals surface area contributed by atoms with Gasteiger partial charge in [-0.25, -0.2) is 19.6 Å². The SMILES string of the molecule is COc1ncnc(C2CC2)c1-c1cc2c(cn1)cnn2Cc1ccc(-n2nc(C(F)(F)F)cc2C)nc1. The monoisotopic (exact) mass is 506 g/mol. The van der Waals surface area contributed by atoms with Crippen LogP contribution in [0.4, 0.5) is 13.2 Å². The second kappa shape index (κ2) is 8.64. The van der Waals surface area contributed by atoms with Crippen LogP contribution in [-0.4, -0.2) is 46.6 Å². The molecule has 5 aromatic heterocycles. The predicted molar refractivity (Wildman–Crippen MR) is 127 cm³/mol. The molecule has 5 heterocycles. The zero-order valence-electron chi connectivity index (χ0n) is 19.9. The summed E-state index contributed by atoms with van der Waals surface area (Å²) in [7, 11) is 1.58. The number of rotatable bonds is 6. The fourth-order valence-electron chi connectivity index (χ4n) is 4.33. The largest absolute Gasteiger partial charge is 0.480 e. The Hall–Kier alpha value is -4.35. The number of ether oxygens (including phenoxy) is 1. The van der Waals surface area contributed by atoms with Gasteiger partial charge >= 0.3 is 6.18 Å². The molecular formula is C25H21F3N8O. The average molecular weight is 506 g/mol. The number of fused-ring (bicyclic) bond motifs is 1. The standard InChI is InChI=1S/C25H21F3N8O/c1-14-7-20(25(26,27)28)34-36(14)21-6-3-15(9-30-21)12-35-19-8-18(29-10-17(19)11-33-35)22-23(16-4-5-16)31-13-32-24(22)37-2/h3,6-11,13,16H,4-5,12H2,1-2H3. The van der Waals surface area contributed by atoms with Gasteiger partial charge < -0.3 is 4.74 Å². The van der Waals surface area contributed by atoms with Gasteiger partial charge in [0.05, 0.1) is 42.3 Å². The molecule has 0 bridgehead atoms. The van der Waals surface area contributed by atoms with E-state index >= 15 is 0 Å². The number of hydrogen-bond acceptors (Lipinski definition) is 7. The van der Waals surface area contributed by atoms with Crippen molar-refractivity contribution >= 4 is 10.9 Å². The zero-order valence-corrected chi connectivity index (χ0v) is 19.9. The fraction of sp³-hybridized carbons (Fsp3) is 0.280. The Morgan fingerprint density at radius 3 is 2.54 bits per heavy atom. The van der Waals surface area contributed by atoms with Gasteiger partial charge in [-0.3, -0.25) is 9.67 Å². The molecule has 0 aliphatic heterocycles. The highest BCUT2D eigenvalue weighted by Crippen LogP contribution is 2.45. The van der Waals surface area contributed by atoms with Crippen molar-refractivity contribution in [3.8, 4) is 23.0 Å². The molecule has 0 amide bonds.